The lowest BCUT2D eigenvalue weighted by Gasteiger charge is -2.07. The normalized spacial score (nSPS) is 10.4. The highest BCUT2D eigenvalue weighted by Crippen LogP contribution is 2.08. The van der Waals surface area contributed by atoms with Gasteiger partial charge in [-0.15, -0.1) is 0 Å². The van der Waals surface area contributed by atoms with Gasteiger partial charge in [0.05, 0.1) is 17.3 Å². The van der Waals surface area contributed by atoms with Gasteiger partial charge >= 0.3 is 0 Å². The summed E-state index contributed by atoms with van der Waals surface area (Å²) in [5, 5.41) is 3.98. The van der Waals surface area contributed by atoms with Crippen LogP contribution < -0.4 is 0 Å². The fourth-order valence-corrected chi connectivity index (χ4v) is 1.24. The molecule has 0 fully saturated rings. The Balaban J connectivity index is 2.50. The number of fused-ring (bicyclic) bond motifs is 1. The van der Waals surface area contributed by atoms with Gasteiger partial charge in [0.15, 0.2) is 0 Å². The van der Waals surface area contributed by atoms with Crippen LogP contribution in [0.2, 0.25) is 0 Å². The molecule has 0 spiro atoms. The van der Waals surface area contributed by atoms with E-state index in [1.165, 1.54) is 11.2 Å². The maximum Gasteiger partial charge on any atom is 0.254 e. The van der Waals surface area contributed by atoms with Crippen LogP contribution in [0, 0.1) is 0 Å². The summed E-state index contributed by atoms with van der Waals surface area (Å²) >= 11 is 0. The van der Waals surface area contributed by atoms with Gasteiger partial charge in [-0.3, -0.25) is 4.79 Å². The predicted octanol–water partition coefficient (Wildman–Crippen LogP) is 0.431. The van der Waals surface area contributed by atoms with E-state index in [0.29, 0.717) is 5.56 Å². The maximum atomic E-state index is 11.6. The largest absolute Gasteiger partial charge is 0.345 e. The molecule has 0 aliphatic heterocycles. The molecule has 0 bridgehead atoms. The van der Waals surface area contributed by atoms with Crippen molar-refractivity contribution in [3.63, 3.8) is 0 Å². The van der Waals surface area contributed by atoms with Gasteiger partial charge in [0.1, 0.15) is 6.33 Å². The molecule has 0 atom stereocenters. The quantitative estimate of drug-likeness (QED) is 0.655. The smallest absolute Gasteiger partial charge is 0.254 e. The van der Waals surface area contributed by atoms with Gasteiger partial charge in [-0.25, -0.2) is 9.50 Å². The summed E-state index contributed by atoms with van der Waals surface area (Å²) in [4.78, 5) is 17.0. The molecule has 0 radical (unpaired) electrons. The van der Waals surface area contributed by atoms with Crippen molar-refractivity contribution in [2.24, 2.45) is 0 Å². The second-order valence-electron chi connectivity index (χ2n) is 3.21. The first-order valence-electron chi connectivity index (χ1n) is 4.18. The van der Waals surface area contributed by atoms with Crippen molar-refractivity contribution in [1.82, 2.24) is 19.5 Å². The molecule has 0 N–H and O–H groups in total. The van der Waals surface area contributed by atoms with Gasteiger partial charge in [0.2, 0.25) is 0 Å². The highest BCUT2D eigenvalue weighted by atomic mass is 16.2. The molecule has 2 aromatic rings. The van der Waals surface area contributed by atoms with E-state index in [1.54, 1.807) is 37.1 Å². The van der Waals surface area contributed by atoms with Crippen molar-refractivity contribution in [3.05, 3.63) is 30.4 Å². The highest BCUT2D eigenvalue weighted by molar-refractivity contribution is 5.95. The number of carbonyl (C=O) groups excluding carboxylic acids is 1. The molecular formula is C9H10N4O. The number of hydrogen-bond acceptors (Lipinski definition) is 3. The van der Waals surface area contributed by atoms with E-state index in [4.69, 9.17) is 0 Å². The highest BCUT2D eigenvalue weighted by Gasteiger charge is 2.10. The van der Waals surface area contributed by atoms with Crippen molar-refractivity contribution in [3.8, 4) is 0 Å². The Morgan fingerprint density at radius 1 is 1.50 bits per heavy atom. The Hall–Kier alpha value is -1.91. The van der Waals surface area contributed by atoms with Crippen molar-refractivity contribution in [2.75, 3.05) is 14.1 Å². The Bertz CT molecular complexity index is 441. The average Bonchev–Trinajstić information content (AvgIpc) is 2.59. The number of rotatable bonds is 1. The molecule has 0 aliphatic rings. The topological polar surface area (TPSA) is 50.5 Å². The van der Waals surface area contributed by atoms with Gasteiger partial charge in [0, 0.05) is 20.3 Å². The van der Waals surface area contributed by atoms with Crippen LogP contribution in [-0.2, 0) is 0 Å². The molecule has 1 amide bonds. The molecule has 5 heteroatoms. The van der Waals surface area contributed by atoms with Crippen molar-refractivity contribution >= 4 is 11.4 Å². The summed E-state index contributed by atoms with van der Waals surface area (Å²) in [5.41, 5.74) is 1.44. The molecule has 0 saturated heterocycles. The van der Waals surface area contributed by atoms with Crippen LogP contribution in [-0.4, -0.2) is 39.5 Å². The Kier molecular flexibility index (Phi) is 1.92. The van der Waals surface area contributed by atoms with Crippen LogP contribution in [0.15, 0.2) is 24.8 Å². The lowest BCUT2D eigenvalue weighted by molar-refractivity contribution is 0.0827. The molecule has 0 aromatic carbocycles. The van der Waals surface area contributed by atoms with E-state index in [-0.39, 0.29) is 5.91 Å². The number of carbonyl (C=O) groups is 1. The van der Waals surface area contributed by atoms with Crippen LogP contribution >= 0.6 is 0 Å². The third-order valence-electron chi connectivity index (χ3n) is 1.93. The average molecular weight is 190 g/mol. The lowest BCUT2D eigenvalue weighted by atomic mass is 10.3. The number of nitrogens with zero attached hydrogens (tertiary/aromatic N) is 4. The van der Waals surface area contributed by atoms with Crippen LogP contribution in [0.3, 0.4) is 0 Å². The first-order valence-corrected chi connectivity index (χ1v) is 4.18. The number of amides is 1. The summed E-state index contributed by atoms with van der Waals surface area (Å²) in [6.45, 7) is 0. The minimum absolute atomic E-state index is 0.0319. The van der Waals surface area contributed by atoms with E-state index in [9.17, 15) is 4.79 Å². The Morgan fingerprint density at radius 3 is 2.93 bits per heavy atom. The minimum atomic E-state index is -0.0319. The Labute approximate surface area is 81.0 Å². The fraction of sp³-hybridized carbons (Fsp3) is 0.222. The molecule has 14 heavy (non-hydrogen) atoms. The first-order chi connectivity index (χ1) is 6.68. The standard InChI is InChI=1S/C9H10N4O/c1-12(2)9(14)7-3-8-4-10-6-11-13(8)5-7/h3-6H,1-2H3. The predicted molar refractivity (Wildman–Crippen MR) is 51.0 cm³/mol. The number of hydrogen-bond donors (Lipinski definition) is 0. The van der Waals surface area contributed by atoms with E-state index in [1.807, 2.05) is 0 Å². The summed E-state index contributed by atoms with van der Waals surface area (Å²) < 4.78 is 1.63. The first kappa shape index (κ1) is 8.68. The third-order valence-corrected chi connectivity index (χ3v) is 1.93. The zero-order valence-electron chi connectivity index (χ0n) is 8.01. The van der Waals surface area contributed by atoms with Crippen LogP contribution in [0.1, 0.15) is 10.4 Å². The maximum absolute atomic E-state index is 11.6. The fourth-order valence-electron chi connectivity index (χ4n) is 1.24. The molecule has 5 nitrogen and oxygen atoms in total. The minimum Gasteiger partial charge on any atom is -0.345 e. The van der Waals surface area contributed by atoms with Gasteiger partial charge in [0.25, 0.3) is 5.91 Å². The van der Waals surface area contributed by atoms with Gasteiger partial charge in [-0.2, -0.15) is 5.10 Å². The van der Waals surface area contributed by atoms with Gasteiger partial charge in [-0.1, -0.05) is 0 Å². The van der Waals surface area contributed by atoms with Gasteiger partial charge < -0.3 is 4.90 Å². The molecule has 0 saturated carbocycles. The van der Waals surface area contributed by atoms with Crippen LogP contribution in [0.4, 0.5) is 0 Å². The molecule has 0 aliphatic carbocycles. The summed E-state index contributed by atoms with van der Waals surface area (Å²) in [6, 6.07) is 1.77. The van der Waals surface area contributed by atoms with Crippen molar-refractivity contribution < 1.29 is 4.79 Å². The van der Waals surface area contributed by atoms with Crippen molar-refractivity contribution in [2.45, 2.75) is 0 Å². The zero-order valence-corrected chi connectivity index (χ0v) is 8.01. The third kappa shape index (κ3) is 1.32. The second kappa shape index (κ2) is 3.10. The molecule has 0 unspecified atom stereocenters. The second-order valence-corrected chi connectivity index (χ2v) is 3.21. The van der Waals surface area contributed by atoms with E-state index in [2.05, 4.69) is 10.1 Å². The Morgan fingerprint density at radius 2 is 2.29 bits per heavy atom. The van der Waals surface area contributed by atoms with Crippen LogP contribution in [0.5, 0.6) is 0 Å². The summed E-state index contributed by atoms with van der Waals surface area (Å²) in [6.07, 6.45) is 4.80. The summed E-state index contributed by atoms with van der Waals surface area (Å²) in [5.74, 6) is -0.0319. The van der Waals surface area contributed by atoms with Crippen molar-refractivity contribution in [1.29, 1.82) is 0 Å². The molecule has 72 valence electrons. The van der Waals surface area contributed by atoms with E-state index in [0.717, 1.165) is 5.52 Å². The SMILES string of the molecule is CN(C)C(=O)c1cc2cncnn2c1. The zero-order chi connectivity index (χ0) is 10.1. The van der Waals surface area contributed by atoms with E-state index < -0.39 is 0 Å². The molecule has 2 aromatic heterocycles. The van der Waals surface area contributed by atoms with Gasteiger partial charge in [-0.05, 0) is 6.07 Å². The molecule has 2 rings (SSSR count). The monoisotopic (exact) mass is 190 g/mol. The molecular weight excluding hydrogens is 180 g/mol. The molecule has 2 heterocycles. The lowest BCUT2D eigenvalue weighted by Crippen LogP contribution is -2.20. The van der Waals surface area contributed by atoms with E-state index >= 15 is 0 Å². The summed E-state index contributed by atoms with van der Waals surface area (Å²) in [7, 11) is 3.44. The van der Waals surface area contributed by atoms with Crippen LogP contribution in [0.25, 0.3) is 5.52 Å². The number of aromatic nitrogens is 3.